The molecule has 0 unspecified atom stereocenters. The first-order valence-corrected chi connectivity index (χ1v) is 5.05. The van der Waals surface area contributed by atoms with Gasteiger partial charge in [0.05, 0.1) is 6.07 Å². The standard InChI is InChI=1S/C10H15N3O2/c1-10(4-2-3-5-10)13-9(15)8(14)12-7-6-11/h2-5,7H2,1H3,(H,12,14)(H,13,15). The number of nitrogens with one attached hydrogen (secondary N) is 2. The van der Waals surface area contributed by atoms with Crippen molar-refractivity contribution in [1.82, 2.24) is 10.6 Å². The van der Waals surface area contributed by atoms with Crippen LogP contribution in [0.15, 0.2) is 0 Å². The zero-order valence-corrected chi connectivity index (χ0v) is 8.80. The fourth-order valence-electron chi connectivity index (χ4n) is 1.81. The molecular formula is C10H15N3O2. The molecule has 1 saturated carbocycles. The van der Waals surface area contributed by atoms with Gasteiger partial charge in [-0.05, 0) is 19.8 Å². The van der Waals surface area contributed by atoms with Crippen LogP contribution in [0.4, 0.5) is 0 Å². The number of amides is 2. The molecule has 2 amide bonds. The van der Waals surface area contributed by atoms with Gasteiger partial charge in [0.25, 0.3) is 0 Å². The first kappa shape index (κ1) is 11.5. The number of nitriles is 1. The van der Waals surface area contributed by atoms with E-state index in [-0.39, 0.29) is 12.1 Å². The van der Waals surface area contributed by atoms with Gasteiger partial charge in [0.1, 0.15) is 6.54 Å². The molecule has 0 aromatic rings. The molecule has 5 heteroatoms. The lowest BCUT2D eigenvalue weighted by atomic mass is 10.0. The number of carbonyl (C=O) groups excluding carboxylic acids is 2. The lowest BCUT2D eigenvalue weighted by Crippen LogP contribution is -2.50. The minimum Gasteiger partial charge on any atom is -0.343 e. The molecule has 0 radical (unpaired) electrons. The van der Waals surface area contributed by atoms with Crippen molar-refractivity contribution in [2.24, 2.45) is 0 Å². The number of hydrogen-bond donors (Lipinski definition) is 2. The monoisotopic (exact) mass is 209 g/mol. The van der Waals surface area contributed by atoms with Crippen molar-refractivity contribution in [2.45, 2.75) is 38.1 Å². The van der Waals surface area contributed by atoms with Gasteiger partial charge in [-0.3, -0.25) is 9.59 Å². The fraction of sp³-hybridized carbons (Fsp3) is 0.700. The minimum atomic E-state index is -0.732. The molecule has 0 aromatic heterocycles. The van der Waals surface area contributed by atoms with Crippen LogP contribution in [0.3, 0.4) is 0 Å². The van der Waals surface area contributed by atoms with Crippen LogP contribution in [-0.2, 0) is 9.59 Å². The Morgan fingerprint density at radius 2 is 1.93 bits per heavy atom. The number of nitrogens with zero attached hydrogens (tertiary/aromatic N) is 1. The van der Waals surface area contributed by atoms with Gasteiger partial charge < -0.3 is 10.6 Å². The molecule has 1 aliphatic rings. The van der Waals surface area contributed by atoms with E-state index < -0.39 is 11.8 Å². The summed E-state index contributed by atoms with van der Waals surface area (Å²) in [5.41, 5.74) is -0.249. The van der Waals surface area contributed by atoms with Crippen LogP contribution in [0.1, 0.15) is 32.6 Å². The quantitative estimate of drug-likeness (QED) is 0.499. The number of hydrogen-bond acceptors (Lipinski definition) is 3. The SMILES string of the molecule is CC1(NC(=O)C(=O)NCC#N)CCCC1. The van der Waals surface area contributed by atoms with Crippen LogP contribution in [-0.4, -0.2) is 23.9 Å². The zero-order chi connectivity index (χ0) is 11.3. The molecule has 2 N–H and O–H groups in total. The minimum absolute atomic E-state index is 0.136. The van der Waals surface area contributed by atoms with Gasteiger partial charge in [0, 0.05) is 5.54 Å². The highest BCUT2D eigenvalue weighted by Gasteiger charge is 2.31. The largest absolute Gasteiger partial charge is 0.343 e. The van der Waals surface area contributed by atoms with E-state index >= 15 is 0 Å². The molecule has 5 nitrogen and oxygen atoms in total. The Hall–Kier alpha value is -1.57. The van der Waals surface area contributed by atoms with E-state index in [9.17, 15) is 9.59 Å². The van der Waals surface area contributed by atoms with Gasteiger partial charge in [0.15, 0.2) is 0 Å². The van der Waals surface area contributed by atoms with Crippen LogP contribution >= 0.6 is 0 Å². The Balaban J connectivity index is 2.41. The highest BCUT2D eigenvalue weighted by atomic mass is 16.2. The summed E-state index contributed by atoms with van der Waals surface area (Å²) in [5, 5.41) is 13.2. The van der Waals surface area contributed by atoms with Crippen molar-refractivity contribution in [3.63, 3.8) is 0 Å². The van der Waals surface area contributed by atoms with Crippen molar-refractivity contribution in [2.75, 3.05) is 6.54 Å². The lowest BCUT2D eigenvalue weighted by Gasteiger charge is -2.24. The third kappa shape index (κ3) is 3.24. The van der Waals surface area contributed by atoms with Crippen molar-refractivity contribution < 1.29 is 9.59 Å². The van der Waals surface area contributed by atoms with E-state index in [1.54, 1.807) is 6.07 Å². The van der Waals surface area contributed by atoms with E-state index in [1.165, 1.54) is 0 Å². The van der Waals surface area contributed by atoms with Crippen molar-refractivity contribution in [3.05, 3.63) is 0 Å². The van der Waals surface area contributed by atoms with E-state index in [4.69, 9.17) is 5.26 Å². The van der Waals surface area contributed by atoms with E-state index in [0.29, 0.717) is 0 Å². The van der Waals surface area contributed by atoms with Crippen molar-refractivity contribution in [1.29, 1.82) is 5.26 Å². The molecule has 82 valence electrons. The third-order valence-corrected chi connectivity index (χ3v) is 2.66. The Labute approximate surface area is 88.8 Å². The fourth-order valence-corrected chi connectivity index (χ4v) is 1.81. The maximum atomic E-state index is 11.4. The van der Waals surface area contributed by atoms with Crippen LogP contribution in [0.5, 0.6) is 0 Å². The van der Waals surface area contributed by atoms with Gasteiger partial charge in [-0.15, -0.1) is 0 Å². The van der Waals surface area contributed by atoms with E-state index in [1.807, 2.05) is 6.92 Å². The Kier molecular flexibility index (Phi) is 3.67. The second-order valence-corrected chi connectivity index (χ2v) is 4.06. The first-order valence-electron chi connectivity index (χ1n) is 5.05. The summed E-state index contributed by atoms with van der Waals surface area (Å²) >= 11 is 0. The number of rotatable bonds is 2. The molecule has 1 aliphatic carbocycles. The molecule has 1 fully saturated rings. The summed E-state index contributed by atoms with van der Waals surface area (Å²) in [6, 6.07) is 1.74. The second-order valence-electron chi connectivity index (χ2n) is 4.06. The Bertz CT molecular complexity index is 300. The Morgan fingerprint density at radius 3 is 2.47 bits per heavy atom. The summed E-state index contributed by atoms with van der Waals surface area (Å²) in [7, 11) is 0. The zero-order valence-electron chi connectivity index (χ0n) is 8.80. The predicted octanol–water partition coefficient (Wildman–Crippen LogP) is 0.0751. The molecule has 0 saturated heterocycles. The summed E-state index contributed by atoms with van der Waals surface area (Å²) in [6.07, 6.45) is 3.97. The predicted molar refractivity (Wildman–Crippen MR) is 53.6 cm³/mol. The van der Waals surface area contributed by atoms with Gasteiger partial charge >= 0.3 is 11.8 Å². The highest BCUT2D eigenvalue weighted by Crippen LogP contribution is 2.28. The van der Waals surface area contributed by atoms with Crippen LogP contribution in [0.25, 0.3) is 0 Å². The van der Waals surface area contributed by atoms with Gasteiger partial charge in [-0.25, -0.2) is 0 Å². The van der Waals surface area contributed by atoms with Crippen LogP contribution in [0.2, 0.25) is 0 Å². The van der Waals surface area contributed by atoms with E-state index in [0.717, 1.165) is 25.7 Å². The lowest BCUT2D eigenvalue weighted by molar-refractivity contribution is -0.140. The van der Waals surface area contributed by atoms with Crippen molar-refractivity contribution in [3.8, 4) is 6.07 Å². The summed E-state index contributed by atoms with van der Waals surface area (Å²) in [5.74, 6) is -1.38. The molecule has 0 bridgehead atoms. The molecule has 0 aliphatic heterocycles. The van der Waals surface area contributed by atoms with Gasteiger partial charge in [-0.1, -0.05) is 12.8 Å². The maximum Gasteiger partial charge on any atom is 0.310 e. The van der Waals surface area contributed by atoms with Crippen LogP contribution in [0, 0.1) is 11.3 Å². The second kappa shape index (κ2) is 4.78. The summed E-state index contributed by atoms with van der Waals surface area (Å²) in [6.45, 7) is 1.80. The Morgan fingerprint density at radius 1 is 1.33 bits per heavy atom. The maximum absolute atomic E-state index is 11.4. The third-order valence-electron chi connectivity index (χ3n) is 2.66. The van der Waals surface area contributed by atoms with Gasteiger partial charge in [-0.2, -0.15) is 5.26 Å². The molecule has 15 heavy (non-hydrogen) atoms. The molecule has 0 atom stereocenters. The molecule has 0 spiro atoms. The molecule has 0 heterocycles. The summed E-state index contributed by atoms with van der Waals surface area (Å²) in [4.78, 5) is 22.5. The highest BCUT2D eigenvalue weighted by molar-refractivity contribution is 6.35. The molecule has 1 rings (SSSR count). The average molecular weight is 209 g/mol. The van der Waals surface area contributed by atoms with Crippen molar-refractivity contribution >= 4 is 11.8 Å². The molecular weight excluding hydrogens is 194 g/mol. The van der Waals surface area contributed by atoms with E-state index in [2.05, 4.69) is 10.6 Å². The number of carbonyl (C=O) groups is 2. The smallest absolute Gasteiger partial charge is 0.310 e. The summed E-state index contributed by atoms with van der Waals surface area (Å²) < 4.78 is 0. The average Bonchev–Trinajstić information content (AvgIpc) is 2.61. The van der Waals surface area contributed by atoms with Crippen LogP contribution < -0.4 is 10.6 Å². The van der Waals surface area contributed by atoms with Gasteiger partial charge in [0.2, 0.25) is 0 Å². The normalized spacial score (nSPS) is 17.9. The molecule has 0 aromatic carbocycles. The topological polar surface area (TPSA) is 82.0 Å². The first-order chi connectivity index (χ1) is 7.07.